The summed E-state index contributed by atoms with van der Waals surface area (Å²) in [5, 5.41) is 13.0. The maximum Gasteiger partial charge on any atom is 0.134 e. The van der Waals surface area contributed by atoms with Crippen LogP contribution < -0.4 is 15.1 Å². The molecule has 4 rings (SSSR count). The summed E-state index contributed by atoms with van der Waals surface area (Å²) in [7, 11) is 0. The Kier molecular flexibility index (Phi) is 6.32. The summed E-state index contributed by atoms with van der Waals surface area (Å²) in [5.74, 6) is 2.80. The Bertz CT molecular complexity index is 772. The van der Waals surface area contributed by atoms with Crippen molar-refractivity contribution in [1.29, 1.82) is 0 Å². The molecule has 0 saturated carbocycles. The minimum absolute atomic E-state index is 0.253. The zero-order valence-electron chi connectivity index (χ0n) is 16.1. The Morgan fingerprint density at radius 1 is 1.04 bits per heavy atom. The van der Waals surface area contributed by atoms with E-state index < -0.39 is 0 Å². The summed E-state index contributed by atoms with van der Waals surface area (Å²) >= 11 is 3.50. The van der Waals surface area contributed by atoms with Gasteiger partial charge >= 0.3 is 0 Å². The molecule has 2 fully saturated rings. The van der Waals surface area contributed by atoms with Crippen LogP contribution in [-0.4, -0.2) is 54.4 Å². The molecular formula is C21H28BrN5O. The molecule has 2 aliphatic heterocycles. The lowest BCUT2D eigenvalue weighted by Crippen LogP contribution is -2.37. The lowest BCUT2D eigenvalue weighted by molar-refractivity contribution is 0.208. The number of rotatable bonds is 6. The Labute approximate surface area is 175 Å². The monoisotopic (exact) mass is 445 g/mol. The zero-order valence-corrected chi connectivity index (χ0v) is 17.7. The third-order valence-electron chi connectivity index (χ3n) is 5.80. The molecule has 3 heterocycles. The summed E-state index contributed by atoms with van der Waals surface area (Å²) in [5.41, 5.74) is 1.29. The first-order chi connectivity index (χ1) is 13.7. The van der Waals surface area contributed by atoms with Crippen LogP contribution in [0.1, 0.15) is 19.3 Å². The number of anilines is 3. The summed E-state index contributed by atoms with van der Waals surface area (Å²) in [4.78, 5) is 13.6. The van der Waals surface area contributed by atoms with Crippen LogP contribution in [0.3, 0.4) is 0 Å². The molecule has 2 saturated heterocycles. The van der Waals surface area contributed by atoms with E-state index in [1.807, 2.05) is 6.07 Å². The number of aliphatic hydroxyl groups excluding tert-OH is 1. The number of hydrogen-bond donors (Lipinski definition) is 2. The van der Waals surface area contributed by atoms with E-state index in [0.29, 0.717) is 11.8 Å². The number of benzene rings is 1. The van der Waals surface area contributed by atoms with Crippen molar-refractivity contribution in [2.45, 2.75) is 19.3 Å². The van der Waals surface area contributed by atoms with E-state index in [0.717, 1.165) is 61.7 Å². The van der Waals surface area contributed by atoms with Crippen LogP contribution >= 0.6 is 15.9 Å². The van der Waals surface area contributed by atoms with Crippen molar-refractivity contribution >= 4 is 33.3 Å². The molecule has 150 valence electrons. The number of aromatic nitrogens is 2. The Morgan fingerprint density at radius 2 is 1.86 bits per heavy atom. The molecule has 1 aromatic carbocycles. The van der Waals surface area contributed by atoms with Gasteiger partial charge in [-0.25, -0.2) is 9.97 Å². The van der Waals surface area contributed by atoms with Gasteiger partial charge in [0, 0.05) is 55.6 Å². The topological polar surface area (TPSA) is 64.5 Å². The van der Waals surface area contributed by atoms with Crippen LogP contribution in [0.5, 0.6) is 0 Å². The van der Waals surface area contributed by atoms with Crippen LogP contribution in [0.25, 0.3) is 0 Å². The fraction of sp³-hybridized carbons (Fsp3) is 0.524. The maximum absolute atomic E-state index is 9.46. The quantitative estimate of drug-likeness (QED) is 0.710. The number of nitrogens with zero attached hydrogens (tertiary/aromatic N) is 4. The normalized spacial score (nSPS) is 22.5. The lowest BCUT2D eigenvalue weighted by atomic mass is 9.99. The Morgan fingerprint density at radius 3 is 2.68 bits per heavy atom. The molecule has 0 spiro atoms. The molecule has 2 N–H and O–H groups in total. The maximum atomic E-state index is 9.46. The van der Waals surface area contributed by atoms with Gasteiger partial charge in [-0.3, -0.25) is 0 Å². The van der Waals surface area contributed by atoms with Gasteiger partial charge in [-0.1, -0.05) is 15.9 Å². The van der Waals surface area contributed by atoms with Crippen LogP contribution in [0.15, 0.2) is 41.1 Å². The zero-order chi connectivity index (χ0) is 19.3. The number of piperidine rings is 1. The van der Waals surface area contributed by atoms with Crippen molar-refractivity contribution in [3.63, 3.8) is 0 Å². The van der Waals surface area contributed by atoms with Gasteiger partial charge in [0.2, 0.25) is 0 Å². The fourth-order valence-corrected chi connectivity index (χ4v) is 4.44. The van der Waals surface area contributed by atoms with E-state index in [4.69, 9.17) is 0 Å². The second kappa shape index (κ2) is 9.09. The van der Waals surface area contributed by atoms with Crippen molar-refractivity contribution in [3.8, 4) is 0 Å². The average Bonchev–Trinajstić information content (AvgIpc) is 3.22. The highest BCUT2D eigenvalue weighted by Crippen LogP contribution is 2.26. The number of hydrogen-bond acceptors (Lipinski definition) is 6. The van der Waals surface area contributed by atoms with Gasteiger partial charge in [0.05, 0.1) is 0 Å². The molecule has 0 amide bonds. The summed E-state index contributed by atoms with van der Waals surface area (Å²) in [6.45, 7) is 5.21. The van der Waals surface area contributed by atoms with Crippen LogP contribution in [-0.2, 0) is 0 Å². The molecule has 2 atom stereocenters. The second-order valence-corrected chi connectivity index (χ2v) is 8.77. The largest absolute Gasteiger partial charge is 0.396 e. The molecule has 28 heavy (non-hydrogen) atoms. The molecule has 2 aliphatic rings. The van der Waals surface area contributed by atoms with Crippen molar-refractivity contribution in [2.24, 2.45) is 11.8 Å². The van der Waals surface area contributed by atoms with E-state index in [-0.39, 0.29) is 6.61 Å². The summed E-state index contributed by atoms with van der Waals surface area (Å²) < 4.78 is 1.12. The predicted octanol–water partition coefficient (Wildman–Crippen LogP) is 3.39. The third-order valence-corrected chi connectivity index (χ3v) is 6.33. The SMILES string of the molecule is OCC1CCCN(c2cc(NCC3CCN(c4ccc(Br)cc4)C3)ncn2)C1. The van der Waals surface area contributed by atoms with Gasteiger partial charge < -0.3 is 20.2 Å². The van der Waals surface area contributed by atoms with E-state index in [1.165, 1.54) is 12.1 Å². The van der Waals surface area contributed by atoms with Crippen molar-refractivity contribution in [3.05, 3.63) is 41.1 Å². The predicted molar refractivity (Wildman–Crippen MR) is 117 cm³/mol. The van der Waals surface area contributed by atoms with Crippen LogP contribution in [0.2, 0.25) is 0 Å². The standard InChI is InChI=1S/C21H28BrN5O/c22-18-3-5-19(6-4-18)26-9-7-16(12-26)11-23-20-10-21(25-15-24-20)27-8-1-2-17(13-27)14-28/h3-6,10,15-17,28H,1-2,7-9,11-14H2,(H,23,24,25). The van der Waals surface area contributed by atoms with Crippen LogP contribution in [0.4, 0.5) is 17.3 Å². The molecule has 2 aromatic rings. The van der Waals surface area contributed by atoms with Crippen molar-refractivity contribution in [2.75, 3.05) is 54.4 Å². The minimum Gasteiger partial charge on any atom is -0.396 e. The number of aliphatic hydroxyl groups is 1. The molecule has 1 aromatic heterocycles. The van der Waals surface area contributed by atoms with Gasteiger partial charge in [0.1, 0.15) is 18.0 Å². The van der Waals surface area contributed by atoms with Gasteiger partial charge in [0.25, 0.3) is 0 Å². The summed E-state index contributed by atoms with van der Waals surface area (Å²) in [6, 6.07) is 10.6. The number of halogens is 1. The van der Waals surface area contributed by atoms with Crippen LogP contribution in [0, 0.1) is 11.8 Å². The first kappa shape index (κ1) is 19.5. The van der Waals surface area contributed by atoms with E-state index in [9.17, 15) is 5.11 Å². The average molecular weight is 446 g/mol. The van der Waals surface area contributed by atoms with E-state index in [2.05, 4.69) is 65.3 Å². The molecule has 0 aliphatic carbocycles. The van der Waals surface area contributed by atoms with Crippen molar-refractivity contribution < 1.29 is 5.11 Å². The molecule has 7 heteroatoms. The molecule has 6 nitrogen and oxygen atoms in total. The highest BCUT2D eigenvalue weighted by atomic mass is 79.9. The Hall–Kier alpha value is -1.86. The fourth-order valence-electron chi connectivity index (χ4n) is 4.17. The van der Waals surface area contributed by atoms with Gasteiger partial charge in [0.15, 0.2) is 0 Å². The third kappa shape index (κ3) is 4.75. The molecule has 2 unspecified atom stereocenters. The van der Waals surface area contributed by atoms with E-state index >= 15 is 0 Å². The molecule has 0 radical (unpaired) electrons. The van der Waals surface area contributed by atoms with E-state index in [1.54, 1.807) is 6.33 Å². The Balaban J connectivity index is 1.31. The highest BCUT2D eigenvalue weighted by Gasteiger charge is 2.23. The highest BCUT2D eigenvalue weighted by molar-refractivity contribution is 9.10. The molecular weight excluding hydrogens is 418 g/mol. The lowest BCUT2D eigenvalue weighted by Gasteiger charge is -2.32. The van der Waals surface area contributed by atoms with Gasteiger partial charge in [-0.2, -0.15) is 0 Å². The number of nitrogens with one attached hydrogen (secondary N) is 1. The van der Waals surface area contributed by atoms with Gasteiger partial charge in [-0.05, 0) is 55.4 Å². The smallest absolute Gasteiger partial charge is 0.134 e. The minimum atomic E-state index is 0.253. The first-order valence-corrected chi connectivity index (χ1v) is 10.9. The summed E-state index contributed by atoms with van der Waals surface area (Å²) in [6.07, 6.45) is 5.03. The molecule has 0 bridgehead atoms. The first-order valence-electron chi connectivity index (χ1n) is 10.1. The second-order valence-electron chi connectivity index (χ2n) is 7.86. The van der Waals surface area contributed by atoms with Gasteiger partial charge in [-0.15, -0.1) is 0 Å². The van der Waals surface area contributed by atoms with Crippen molar-refractivity contribution in [1.82, 2.24) is 9.97 Å².